The molecule has 0 bridgehead atoms. The van der Waals surface area contributed by atoms with Gasteiger partial charge in [-0.1, -0.05) is 19.1 Å². The molecule has 0 spiro atoms. The first-order valence-electron chi connectivity index (χ1n) is 4.82. The van der Waals surface area contributed by atoms with Crippen molar-refractivity contribution in [1.82, 2.24) is 5.32 Å². The molecule has 0 atom stereocenters. The predicted octanol–water partition coefficient (Wildman–Crippen LogP) is 0.933. The molecule has 1 rings (SSSR count). The SMILES string of the molecule is CCc1ccc(NC(=O)CNC=O)cc1. The average molecular weight is 206 g/mol. The number of benzene rings is 1. The van der Waals surface area contributed by atoms with Crippen molar-refractivity contribution in [2.75, 3.05) is 11.9 Å². The number of hydrogen-bond donors (Lipinski definition) is 2. The first-order chi connectivity index (χ1) is 7.26. The molecule has 0 aliphatic carbocycles. The maximum atomic E-state index is 11.2. The van der Waals surface area contributed by atoms with Crippen molar-refractivity contribution >= 4 is 18.0 Å². The molecule has 0 saturated heterocycles. The molecule has 0 heterocycles. The molecule has 0 aliphatic rings. The summed E-state index contributed by atoms with van der Waals surface area (Å²) in [5.41, 5.74) is 1.96. The van der Waals surface area contributed by atoms with E-state index in [0.717, 1.165) is 12.1 Å². The summed E-state index contributed by atoms with van der Waals surface area (Å²) in [6, 6.07) is 7.61. The molecule has 15 heavy (non-hydrogen) atoms. The van der Waals surface area contributed by atoms with Gasteiger partial charge in [0, 0.05) is 5.69 Å². The van der Waals surface area contributed by atoms with Crippen LogP contribution in [0.3, 0.4) is 0 Å². The zero-order valence-corrected chi connectivity index (χ0v) is 8.62. The third-order valence-electron chi connectivity index (χ3n) is 1.99. The van der Waals surface area contributed by atoms with Gasteiger partial charge >= 0.3 is 0 Å². The summed E-state index contributed by atoms with van der Waals surface area (Å²) >= 11 is 0. The molecule has 2 amide bonds. The summed E-state index contributed by atoms with van der Waals surface area (Å²) in [5.74, 6) is -0.230. The lowest BCUT2D eigenvalue weighted by atomic mass is 10.1. The van der Waals surface area contributed by atoms with Gasteiger partial charge in [-0.3, -0.25) is 9.59 Å². The molecule has 0 unspecified atom stereocenters. The van der Waals surface area contributed by atoms with Crippen molar-refractivity contribution in [3.63, 3.8) is 0 Å². The van der Waals surface area contributed by atoms with Crippen molar-refractivity contribution in [1.29, 1.82) is 0 Å². The molecule has 4 heteroatoms. The molecule has 0 aromatic heterocycles. The normalized spacial score (nSPS) is 9.40. The van der Waals surface area contributed by atoms with Gasteiger partial charge < -0.3 is 10.6 Å². The van der Waals surface area contributed by atoms with E-state index in [1.807, 2.05) is 24.3 Å². The lowest BCUT2D eigenvalue weighted by Crippen LogP contribution is -2.26. The summed E-state index contributed by atoms with van der Waals surface area (Å²) < 4.78 is 0. The van der Waals surface area contributed by atoms with E-state index >= 15 is 0 Å². The van der Waals surface area contributed by atoms with Crippen LogP contribution in [0.15, 0.2) is 24.3 Å². The number of carbonyl (C=O) groups excluding carboxylic acids is 2. The maximum Gasteiger partial charge on any atom is 0.243 e. The molecule has 4 nitrogen and oxygen atoms in total. The summed E-state index contributed by atoms with van der Waals surface area (Å²) in [7, 11) is 0. The molecule has 0 aliphatic heterocycles. The Morgan fingerprint density at radius 1 is 1.33 bits per heavy atom. The van der Waals surface area contributed by atoms with Crippen LogP contribution >= 0.6 is 0 Å². The van der Waals surface area contributed by atoms with Crippen LogP contribution in [0.2, 0.25) is 0 Å². The van der Waals surface area contributed by atoms with Gasteiger partial charge in [0.2, 0.25) is 12.3 Å². The van der Waals surface area contributed by atoms with E-state index in [1.54, 1.807) is 0 Å². The van der Waals surface area contributed by atoms with Crippen LogP contribution in [0.5, 0.6) is 0 Å². The Labute approximate surface area is 88.7 Å². The highest BCUT2D eigenvalue weighted by Gasteiger charge is 2.00. The van der Waals surface area contributed by atoms with Gasteiger partial charge in [0.05, 0.1) is 6.54 Å². The number of aryl methyl sites for hydroxylation is 1. The molecular formula is C11H14N2O2. The zero-order valence-electron chi connectivity index (χ0n) is 8.62. The van der Waals surface area contributed by atoms with Crippen LogP contribution in [0.1, 0.15) is 12.5 Å². The second-order valence-corrected chi connectivity index (χ2v) is 3.10. The van der Waals surface area contributed by atoms with Crippen LogP contribution in [0.4, 0.5) is 5.69 Å². The smallest absolute Gasteiger partial charge is 0.243 e. The Balaban J connectivity index is 2.49. The maximum absolute atomic E-state index is 11.2. The predicted molar refractivity (Wildman–Crippen MR) is 58.5 cm³/mol. The minimum absolute atomic E-state index is 0.000963. The van der Waals surface area contributed by atoms with E-state index < -0.39 is 0 Å². The van der Waals surface area contributed by atoms with Crippen LogP contribution in [0.25, 0.3) is 0 Å². The second-order valence-electron chi connectivity index (χ2n) is 3.10. The minimum atomic E-state index is -0.230. The number of carbonyl (C=O) groups is 2. The van der Waals surface area contributed by atoms with Crippen LogP contribution < -0.4 is 10.6 Å². The van der Waals surface area contributed by atoms with Gasteiger partial charge in [-0.15, -0.1) is 0 Å². The molecular weight excluding hydrogens is 192 g/mol. The summed E-state index contributed by atoms with van der Waals surface area (Å²) in [6.45, 7) is 2.07. The first-order valence-corrected chi connectivity index (χ1v) is 4.82. The highest BCUT2D eigenvalue weighted by molar-refractivity contribution is 5.93. The van der Waals surface area contributed by atoms with E-state index in [4.69, 9.17) is 0 Å². The number of anilines is 1. The van der Waals surface area contributed by atoms with Crippen molar-refractivity contribution < 1.29 is 9.59 Å². The van der Waals surface area contributed by atoms with E-state index in [2.05, 4.69) is 17.6 Å². The van der Waals surface area contributed by atoms with Gasteiger partial charge in [-0.2, -0.15) is 0 Å². The van der Waals surface area contributed by atoms with Crippen molar-refractivity contribution in [3.05, 3.63) is 29.8 Å². The lowest BCUT2D eigenvalue weighted by Gasteiger charge is -2.05. The third kappa shape index (κ3) is 3.81. The monoisotopic (exact) mass is 206 g/mol. The molecule has 0 saturated carbocycles. The fourth-order valence-corrected chi connectivity index (χ4v) is 1.16. The Kier molecular flexibility index (Phi) is 4.34. The Morgan fingerprint density at radius 2 is 2.00 bits per heavy atom. The first kappa shape index (κ1) is 11.2. The van der Waals surface area contributed by atoms with Gasteiger partial charge in [0.25, 0.3) is 0 Å². The average Bonchev–Trinajstić information content (AvgIpc) is 2.27. The van der Waals surface area contributed by atoms with Crippen LogP contribution in [-0.2, 0) is 16.0 Å². The topological polar surface area (TPSA) is 58.2 Å². The summed E-state index contributed by atoms with van der Waals surface area (Å²) in [5, 5.41) is 4.97. The van der Waals surface area contributed by atoms with E-state index in [-0.39, 0.29) is 12.5 Å². The highest BCUT2D eigenvalue weighted by Crippen LogP contribution is 2.09. The molecule has 80 valence electrons. The Bertz CT molecular complexity index is 333. The van der Waals surface area contributed by atoms with E-state index in [0.29, 0.717) is 6.41 Å². The van der Waals surface area contributed by atoms with Crippen LogP contribution in [0, 0.1) is 0 Å². The number of rotatable bonds is 5. The van der Waals surface area contributed by atoms with E-state index in [1.165, 1.54) is 5.56 Å². The molecule has 0 radical (unpaired) electrons. The lowest BCUT2D eigenvalue weighted by molar-refractivity contribution is -0.118. The molecule has 1 aromatic rings. The molecule has 0 fully saturated rings. The second kappa shape index (κ2) is 5.80. The number of nitrogens with one attached hydrogen (secondary N) is 2. The van der Waals surface area contributed by atoms with Gasteiger partial charge in [0.1, 0.15) is 0 Å². The standard InChI is InChI=1S/C11H14N2O2/c1-2-9-3-5-10(6-4-9)13-11(15)7-12-8-14/h3-6,8H,2,7H2,1H3,(H,12,14)(H,13,15). The van der Waals surface area contributed by atoms with Crippen LogP contribution in [-0.4, -0.2) is 18.9 Å². The fourth-order valence-electron chi connectivity index (χ4n) is 1.16. The minimum Gasteiger partial charge on any atom is -0.350 e. The van der Waals surface area contributed by atoms with Crippen molar-refractivity contribution in [2.45, 2.75) is 13.3 Å². The fraction of sp³-hybridized carbons (Fsp3) is 0.273. The quantitative estimate of drug-likeness (QED) is 0.704. The zero-order chi connectivity index (χ0) is 11.1. The molecule has 1 aromatic carbocycles. The molecule has 2 N–H and O–H groups in total. The summed E-state index contributed by atoms with van der Waals surface area (Å²) in [4.78, 5) is 21.1. The van der Waals surface area contributed by atoms with Crippen molar-refractivity contribution in [3.8, 4) is 0 Å². The van der Waals surface area contributed by atoms with E-state index in [9.17, 15) is 9.59 Å². The Morgan fingerprint density at radius 3 is 2.53 bits per heavy atom. The van der Waals surface area contributed by atoms with Crippen molar-refractivity contribution in [2.24, 2.45) is 0 Å². The third-order valence-corrected chi connectivity index (χ3v) is 1.99. The Hall–Kier alpha value is -1.84. The van der Waals surface area contributed by atoms with Gasteiger partial charge in [-0.05, 0) is 24.1 Å². The number of amides is 2. The number of hydrogen-bond acceptors (Lipinski definition) is 2. The van der Waals surface area contributed by atoms with Gasteiger partial charge in [0.15, 0.2) is 0 Å². The highest BCUT2D eigenvalue weighted by atomic mass is 16.2. The largest absolute Gasteiger partial charge is 0.350 e. The summed E-state index contributed by atoms with van der Waals surface area (Å²) in [6.07, 6.45) is 1.47. The van der Waals surface area contributed by atoms with Gasteiger partial charge in [-0.25, -0.2) is 0 Å².